The van der Waals surface area contributed by atoms with Gasteiger partial charge in [-0.15, -0.1) is 6.58 Å². The summed E-state index contributed by atoms with van der Waals surface area (Å²) in [6.45, 7) is 10.3. The Bertz CT molecular complexity index is 1000. The van der Waals surface area contributed by atoms with Crippen LogP contribution in [0.4, 0.5) is 4.79 Å². The van der Waals surface area contributed by atoms with Crippen LogP contribution < -0.4 is 10.6 Å². The smallest absolute Gasteiger partial charge is 0.408 e. The fourth-order valence-electron chi connectivity index (χ4n) is 3.40. The summed E-state index contributed by atoms with van der Waals surface area (Å²) in [5, 5.41) is 15.2. The molecule has 0 bridgehead atoms. The summed E-state index contributed by atoms with van der Waals surface area (Å²) in [4.78, 5) is 40.5. The van der Waals surface area contributed by atoms with E-state index in [0.29, 0.717) is 5.56 Å². The van der Waals surface area contributed by atoms with Crippen molar-refractivity contribution < 1.29 is 24.2 Å². The molecule has 8 nitrogen and oxygen atoms in total. The Labute approximate surface area is 207 Å². The molecule has 0 heterocycles. The predicted molar refractivity (Wildman–Crippen MR) is 134 cm³/mol. The minimum atomic E-state index is -1.31. The molecule has 0 saturated heterocycles. The first kappa shape index (κ1) is 27.6. The van der Waals surface area contributed by atoms with Crippen molar-refractivity contribution in [1.29, 1.82) is 0 Å². The highest BCUT2D eigenvalue weighted by Gasteiger charge is 2.35. The molecule has 2 unspecified atom stereocenters. The van der Waals surface area contributed by atoms with Gasteiger partial charge in [-0.2, -0.15) is 0 Å². The predicted octanol–water partition coefficient (Wildman–Crippen LogP) is 3.25. The number of aliphatic hydroxyl groups is 1. The van der Waals surface area contributed by atoms with Crippen LogP contribution in [-0.2, 0) is 20.9 Å². The van der Waals surface area contributed by atoms with Gasteiger partial charge >= 0.3 is 6.09 Å². The average molecular weight is 482 g/mol. The summed E-state index contributed by atoms with van der Waals surface area (Å²) in [7, 11) is 0. The first-order valence-electron chi connectivity index (χ1n) is 11.5. The van der Waals surface area contributed by atoms with Crippen molar-refractivity contribution in [1.82, 2.24) is 15.5 Å². The van der Waals surface area contributed by atoms with Gasteiger partial charge in [0.1, 0.15) is 17.7 Å². The lowest BCUT2D eigenvalue weighted by Crippen LogP contribution is -2.54. The van der Waals surface area contributed by atoms with Gasteiger partial charge in [0, 0.05) is 13.1 Å². The number of alkyl carbamates (subject to hydrolysis) is 1. The van der Waals surface area contributed by atoms with Gasteiger partial charge in [-0.05, 0) is 38.8 Å². The van der Waals surface area contributed by atoms with Gasteiger partial charge in [0.2, 0.25) is 11.8 Å². The van der Waals surface area contributed by atoms with Crippen molar-refractivity contribution in [3.05, 3.63) is 83.9 Å². The number of amides is 3. The number of nitrogens with zero attached hydrogens (tertiary/aromatic N) is 1. The summed E-state index contributed by atoms with van der Waals surface area (Å²) in [6, 6.07) is 14.4. The zero-order valence-corrected chi connectivity index (χ0v) is 20.8. The molecule has 0 aliphatic heterocycles. The molecule has 0 fully saturated rings. The van der Waals surface area contributed by atoms with Gasteiger partial charge in [0.15, 0.2) is 0 Å². The summed E-state index contributed by atoms with van der Waals surface area (Å²) >= 11 is 0. The van der Waals surface area contributed by atoms with Gasteiger partial charge in [0.05, 0.1) is 6.61 Å². The molecule has 0 spiro atoms. The highest BCUT2D eigenvalue weighted by Crippen LogP contribution is 2.23. The number of benzene rings is 2. The Kier molecular flexibility index (Phi) is 10.0. The minimum Gasteiger partial charge on any atom is -0.444 e. The molecule has 35 heavy (non-hydrogen) atoms. The maximum atomic E-state index is 13.5. The van der Waals surface area contributed by atoms with E-state index in [2.05, 4.69) is 17.2 Å². The van der Waals surface area contributed by atoms with E-state index < -0.39 is 42.2 Å². The first-order valence-corrected chi connectivity index (χ1v) is 11.5. The fraction of sp³-hybridized carbons (Fsp3) is 0.370. The number of carbonyl (C=O) groups is 3. The molecule has 2 rings (SSSR count). The maximum absolute atomic E-state index is 13.5. The fourth-order valence-corrected chi connectivity index (χ4v) is 3.40. The van der Waals surface area contributed by atoms with Gasteiger partial charge in [0.25, 0.3) is 0 Å². The van der Waals surface area contributed by atoms with E-state index in [1.807, 2.05) is 49.4 Å². The summed E-state index contributed by atoms with van der Waals surface area (Å²) in [5.74, 6) is -1.04. The number of nitrogens with one attached hydrogen (secondary N) is 2. The van der Waals surface area contributed by atoms with Crippen molar-refractivity contribution in [3.63, 3.8) is 0 Å². The number of carbonyl (C=O) groups excluding carboxylic acids is 3. The van der Waals surface area contributed by atoms with E-state index in [1.165, 1.54) is 11.0 Å². The maximum Gasteiger partial charge on any atom is 0.408 e. The van der Waals surface area contributed by atoms with E-state index in [0.717, 1.165) is 11.1 Å². The third-order valence-corrected chi connectivity index (χ3v) is 5.04. The highest BCUT2D eigenvalue weighted by molar-refractivity contribution is 5.92. The molecule has 8 heteroatoms. The van der Waals surface area contributed by atoms with Crippen LogP contribution in [-0.4, -0.2) is 52.7 Å². The Morgan fingerprint density at radius 1 is 1.09 bits per heavy atom. The second-order valence-electron chi connectivity index (χ2n) is 9.18. The number of rotatable bonds is 10. The second-order valence-corrected chi connectivity index (χ2v) is 9.18. The Morgan fingerprint density at radius 3 is 2.26 bits per heavy atom. The molecule has 2 atom stereocenters. The van der Waals surface area contributed by atoms with Crippen LogP contribution in [0.15, 0.2) is 67.3 Å². The third kappa shape index (κ3) is 8.57. The zero-order chi connectivity index (χ0) is 26.0. The van der Waals surface area contributed by atoms with Crippen LogP contribution in [0, 0.1) is 6.92 Å². The minimum absolute atomic E-state index is 0.0165. The summed E-state index contributed by atoms with van der Waals surface area (Å²) in [5.41, 5.74) is 1.71. The standard InChI is InChI=1S/C27H35N3O5/c1-6-16-30(25(33)22(18-31)29-26(34)35-27(3,4)5)23(21-14-12-19(2)13-15-21)24(32)28-17-20-10-8-7-9-11-20/h6-15,22-23,31H,1,16-18H2,2-5H3,(H,28,32)(H,29,34). The molecule has 0 aliphatic rings. The Morgan fingerprint density at radius 2 is 1.71 bits per heavy atom. The molecule has 2 aromatic carbocycles. The van der Waals surface area contributed by atoms with Gasteiger partial charge in [-0.25, -0.2) is 4.79 Å². The molecule has 0 radical (unpaired) electrons. The summed E-state index contributed by atoms with van der Waals surface area (Å²) in [6.07, 6.45) is 0.648. The van der Waals surface area contributed by atoms with Crippen LogP contribution in [0.1, 0.15) is 43.5 Å². The van der Waals surface area contributed by atoms with Gasteiger partial charge in [-0.3, -0.25) is 9.59 Å². The van der Waals surface area contributed by atoms with Crippen molar-refractivity contribution >= 4 is 17.9 Å². The largest absolute Gasteiger partial charge is 0.444 e. The SMILES string of the molecule is C=CCN(C(=O)C(CO)NC(=O)OC(C)(C)C)C(C(=O)NCc1ccccc1)c1ccc(C)cc1. The molecular weight excluding hydrogens is 446 g/mol. The van der Waals surface area contributed by atoms with Gasteiger partial charge < -0.3 is 25.4 Å². The normalized spacial score (nSPS) is 12.7. The lowest BCUT2D eigenvalue weighted by Gasteiger charge is -2.33. The topological polar surface area (TPSA) is 108 Å². The van der Waals surface area contributed by atoms with Crippen LogP contribution >= 0.6 is 0 Å². The van der Waals surface area contributed by atoms with Crippen molar-refractivity contribution in [3.8, 4) is 0 Å². The van der Waals surface area contributed by atoms with Crippen LogP contribution in [0.2, 0.25) is 0 Å². The van der Waals surface area contributed by atoms with Crippen LogP contribution in [0.5, 0.6) is 0 Å². The molecule has 2 aromatic rings. The van der Waals surface area contributed by atoms with Crippen LogP contribution in [0.25, 0.3) is 0 Å². The van der Waals surface area contributed by atoms with E-state index in [-0.39, 0.29) is 13.1 Å². The molecule has 0 aliphatic carbocycles. The molecule has 188 valence electrons. The van der Waals surface area contributed by atoms with Crippen LogP contribution in [0.3, 0.4) is 0 Å². The average Bonchev–Trinajstić information content (AvgIpc) is 2.81. The third-order valence-electron chi connectivity index (χ3n) is 5.04. The van der Waals surface area contributed by atoms with E-state index in [9.17, 15) is 19.5 Å². The van der Waals surface area contributed by atoms with E-state index in [4.69, 9.17) is 4.74 Å². The molecule has 3 N–H and O–H groups in total. The lowest BCUT2D eigenvalue weighted by atomic mass is 10.0. The number of hydrogen-bond acceptors (Lipinski definition) is 5. The number of ether oxygens (including phenoxy) is 1. The second kappa shape index (κ2) is 12.7. The number of aliphatic hydroxyl groups excluding tert-OH is 1. The quantitative estimate of drug-likeness (QED) is 0.452. The number of hydrogen-bond donors (Lipinski definition) is 3. The molecular formula is C27H35N3O5. The van der Waals surface area contributed by atoms with Crippen molar-refractivity contribution in [2.45, 2.75) is 51.9 Å². The molecule has 0 aromatic heterocycles. The zero-order valence-electron chi connectivity index (χ0n) is 20.8. The van der Waals surface area contributed by atoms with E-state index >= 15 is 0 Å². The molecule has 0 saturated carbocycles. The van der Waals surface area contributed by atoms with Crippen molar-refractivity contribution in [2.75, 3.05) is 13.2 Å². The number of aryl methyl sites for hydroxylation is 1. The lowest BCUT2D eigenvalue weighted by molar-refractivity contribution is -0.142. The first-order chi connectivity index (χ1) is 16.6. The van der Waals surface area contributed by atoms with E-state index in [1.54, 1.807) is 32.9 Å². The van der Waals surface area contributed by atoms with Gasteiger partial charge in [-0.1, -0.05) is 66.2 Å². The highest BCUT2D eigenvalue weighted by atomic mass is 16.6. The van der Waals surface area contributed by atoms with Crippen molar-refractivity contribution in [2.24, 2.45) is 0 Å². The molecule has 3 amide bonds. The Hall–Kier alpha value is -3.65. The Balaban J connectivity index is 2.35. The monoisotopic (exact) mass is 481 g/mol. The summed E-state index contributed by atoms with van der Waals surface area (Å²) < 4.78 is 5.22.